The standard InChI is InChI=1S/C11H8Cl6N2/c1-4-2-6(19-18-4)5-3-9(14)7(12)8(13)10(5,15)11(9,16)17/h2,5H,3H2,1H3,(H,18,19)/t5-,9-,10+/m1/s1. The fourth-order valence-electron chi connectivity index (χ4n) is 2.84. The van der Waals surface area contributed by atoms with Crippen molar-refractivity contribution in [1.82, 2.24) is 10.2 Å². The number of aromatic nitrogens is 2. The van der Waals surface area contributed by atoms with Crippen LogP contribution in [0.2, 0.25) is 0 Å². The Morgan fingerprint density at radius 1 is 1.21 bits per heavy atom. The summed E-state index contributed by atoms with van der Waals surface area (Å²) in [6.45, 7) is 1.89. The SMILES string of the molecule is Cc1cc([C@H]2C[C@@]3(Cl)C(Cl)=C(Cl)[C@]2(Cl)C3(Cl)Cl)n[nH]1. The van der Waals surface area contributed by atoms with Crippen LogP contribution < -0.4 is 0 Å². The molecule has 2 aliphatic rings. The van der Waals surface area contributed by atoms with Gasteiger partial charge < -0.3 is 0 Å². The number of nitrogens with one attached hydrogen (secondary N) is 1. The highest BCUT2D eigenvalue weighted by Crippen LogP contribution is 2.76. The molecule has 2 aliphatic carbocycles. The van der Waals surface area contributed by atoms with Crippen molar-refractivity contribution in [3.8, 4) is 0 Å². The first kappa shape index (κ1) is 14.6. The quantitative estimate of drug-likeness (QED) is 0.679. The molecule has 1 aromatic heterocycles. The molecule has 1 heterocycles. The van der Waals surface area contributed by atoms with Crippen molar-refractivity contribution in [1.29, 1.82) is 0 Å². The summed E-state index contributed by atoms with van der Waals surface area (Å²) in [6.07, 6.45) is 0.379. The van der Waals surface area contributed by atoms with Crippen molar-refractivity contribution >= 4 is 69.6 Å². The van der Waals surface area contributed by atoms with Crippen LogP contribution in [0, 0.1) is 6.92 Å². The van der Waals surface area contributed by atoms with Gasteiger partial charge in [-0.2, -0.15) is 5.10 Å². The van der Waals surface area contributed by atoms with E-state index in [4.69, 9.17) is 69.6 Å². The first-order valence-electron chi connectivity index (χ1n) is 5.50. The number of halogens is 6. The van der Waals surface area contributed by atoms with E-state index in [9.17, 15) is 0 Å². The summed E-state index contributed by atoms with van der Waals surface area (Å²) in [7, 11) is 0. The number of aromatic amines is 1. The molecule has 1 saturated carbocycles. The van der Waals surface area contributed by atoms with Gasteiger partial charge in [-0.15, -0.1) is 23.2 Å². The zero-order valence-corrected chi connectivity index (χ0v) is 14.1. The number of rotatable bonds is 1. The molecule has 104 valence electrons. The molecule has 2 nitrogen and oxygen atoms in total. The van der Waals surface area contributed by atoms with Gasteiger partial charge in [-0.1, -0.05) is 46.4 Å². The molecule has 3 rings (SSSR count). The molecule has 0 aromatic carbocycles. The molecule has 0 spiro atoms. The summed E-state index contributed by atoms with van der Waals surface area (Å²) in [5.41, 5.74) is 1.63. The lowest BCUT2D eigenvalue weighted by Crippen LogP contribution is -2.43. The van der Waals surface area contributed by atoms with Crippen molar-refractivity contribution in [2.45, 2.75) is 33.3 Å². The van der Waals surface area contributed by atoms with E-state index in [0.29, 0.717) is 6.42 Å². The molecule has 1 fully saturated rings. The molecule has 0 saturated heterocycles. The maximum Gasteiger partial charge on any atom is 0.166 e. The van der Waals surface area contributed by atoms with Crippen molar-refractivity contribution in [2.24, 2.45) is 0 Å². The Kier molecular flexibility index (Phi) is 3.17. The van der Waals surface area contributed by atoms with Crippen LogP contribution in [-0.4, -0.2) is 24.3 Å². The van der Waals surface area contributed by atoms with E-state index in [1.807, 2.05) is 13.0 Å². The Morgan fingerprint density at radius 2 is 1.84 bits per heavy atom. The van der Waals surface area contributed by atoms with Gasteiger partial charge in [0.05, 0.1) is 15.8 Å². The van der Waals surface area contributed by atoms with E-state index in [-0.39, 0.29) is 16.0 Å². The lowest BCUT2D eigenvalue weighted by Gasteiger charge is -2.33. The minimum atomic E-state index is -1.49. The highest BCUT2D eigenvalue weighted by Gasteiger charge is 2.78. The first-order valence-corrected chi connectivity index (χ1v) is 7.77. The average molecular weight is 381 g/mol. The number of alkyl halides is 4. The van der Waals surface area contributed by atoms with E-state index in [1.54, 1.807) is 0 Å². The van der Waals surface area contributed by atoms with E-state index in [0.717, 1.165) is 11.4 Å². The molecule has 19 heavy (non-hydrogen) atoms. The van der Waals surface area contributed by atoms with Crippen LogP contribution in [0.25, 0.3) is 0 Å². The van der Waals surface area contributed by atoms with Gasteiger partial charge >= 0.3 is 0 Å². The Labute approximate surface area is 140 Å². The van der Waals surface area contributed by atoms with Gasteiger partial charge in [0, 0.05) is 11.6 Å². The minimum absolute atomic E-state index is 0.202. The van der Waals surface area contributed by atoms with E-state index >= 15 is 0 Å². The molecule has 0 radical (unpaired) electrons. The molecule has 0 amide bonds. The molecule has 0 unspecified atom stereocenters. The van der Waals surface area contributed by atoms with Gasteiger partial charge in [0.2, 0.25) is 0 Å². The average Bonchev–Trinajstić information content (AvgIpc) is 2.85. The summed E-state index contributed by atoms with van der Waals surface area (Å²) in [6, 6.07) is 1.87. The molecular weight excluding hydrogens is 373 g/mol. The van der Waals surface area contributed by atoms with Gasteiger partial charge in [0.15, 0.2) is 4.33 Å². The fourth-order valence-corrected chi connectivity index (χ4v) is 5.61. The molecule has 0 aliphatic heterocycles. The molecule has 1 N–H and O–H groups in total. The number of fused-ring (bicyclic) bond motifs is 2. The lowest BCUT2D eigenvalue weighted by molar-refractivity contribution is 0.584. The van der Waals surface area contributed by atoms with Crippen molar-refractivity contribution in [3.05, 3.63) is 27.5 Å². The Morgan fingerprint density at radius 3 is 2.26 bits per heavy atom. The number of nitrogens with zero attached hydrogens (tertiary/aromatic N) is 1. The van der Waals surface area contributed by atoms with Gasteiger partial charge in [0.1, 0.15) is 9.75 Å². The van der Waals surface area contributed by atoms with Crippen LogP contribution in [-0.2, 0) is 0 Å². The van der Waals surface area contributed by atoms with Crippen LogP contribution in [0.15, 0.2) is 16.1 Å². The predicted octanol–water partition coefficient (Wildman–Crippen LogP) is 5.04. The van der Waals surface area contributed by atoms with Gasteiger partial charge in [-0.3, -0.25) is 5.10 Å². The monoisotopic (exact) mass is 378 g/mol. The fraction of sp³-hybridized carbons (Fsp3) is 0.545. The summed E-state index contributed by atoms with van der Waals surface area (Å²) < 4.78 is -1.49. The van der Waals surface area contributed by atoms with E-state index < -0.39 is 14.1 Å². The van der Waals surface area contributed by atoms with Crippen LogP contribution in [0.5, 0.6) is 0 Å². The zero-order chi connectivity index (χ0) is 14.2. The third-order valence-electron chi connectivity index (χ3n) is 3.86. The number of hydrogen-bond donors (Lipinski definition) is 1. The third kappa shape index (κ3) is 1.51. The lowest BCUT2D eigenvalue weighted by atomic mass is 9.89. The number of H-pyrrole nitrogens is 1. The summed E-state index contributed by atoms with van der Waals surface area (Å²) in [4.78, 5) is -2.45. The second-order valence-electron chi connectivity index (χ2n) is 4.95. The van der Waals surface area contributed by atoms with Crippen LogP contribution in [0.1, 0.15) is 23.7 Å². The highest BCUT2D eigenvalue weighted by atomic mass is 35.5. The zero-order valence-electron chi connectivity index (χ0n) is 9.58. The largest absolute Gasteiger partial charge is 0.283 e. The van der Waals surface area contributed by atoms with Crippen LogP contribution >= 0.6 is 69.6 Å². The third-order valence-corrected chi connectivity index (χ3v) is 8.14. The maximum atomic E-state index is 6.66. The van der Waals surface area contributed by atoms with Gasteiger partial charge in [-0.25, -0.2) is 0 Å². The summed E-state index contributed by atoms with van der Waals surface area (Å²) >= 11 is 38.4. The Balaban J connectivity index is 2.20. The number of allylic oxidation sites excluding steroid dienone is 2. The predicted molar refractivity (Wildman–Crippen MR) is 81.0 cm³/mol. The normalized spacial score (nSPS) is 40.3. The van der Waals surface area contributed by atoms with E-state index in [1.165, 1.54) is 0 Å². The molecule has 8 heteroatoms. The molecule has 1 aromatic rings. The second-order valence-corrected chi connectivity index (χ2v) is 8.27. The first-order chi connectivity index (χ1) is 8.66. The minimum Gasteiger partial charge on any atom is -0.283 e. The second kappa shape index (κ2) is 4.12. The molecule has 3 atom stereocenters. The number of hydrogen-bond acceptors (Lipinski definition) is 1. The van der Waals surface area contributed by atoms with Gasteiger partial charge in [-0.05, 0) is 19.4 Å². The topological polar surface area (TPSA) is 28.7 Å². The molecule has 2 bridgehead atoms. The highest BCUT2D eigenvalue weighted by molar-refractivity contribution is 6.65. The Hall–Kier alpha value is 0.690. The van der Waals surface area contributed by atoms with Crippen molar-refractivity contribution in [2.75, 3.05) is 0 Å². The Bertz CT molecular complexity index is 594. The van der Waals surface area contributed by atoms with Crippen LogP contribution in [0.3, 0.4) is 0 Å². The maximum absolute atomic E-state index is 6.66. The van der Waals surface area contributed by atoms with E-state index in [2.05, 4.69) is 10.2 Å². The smallest absolute Gasteiger partial charge is 0.166 e. The molecular formula is C11H8Cl6N2. The van der Waals surface area contributed by atoms with Crippen molar-refractivity contribution in [3.63, 3.8) is 0 Å². The summed E-state index contributed by atoms with van der Waals surface area (Å²) in [5.74, 6) is -0.304. The van der Waals surface area contributed by atoms with Gasteiger partial charge in [0.25, 0.3) is 0 Å². The summed E-state index contributed by atoms with van der Waals surface area (Å²) in [5, 5.41) is 7.49. The van der Waals surface area contributed by atoms with Crippen LogP contribution in [0.4, 0.5) is 0 Å². The van der Waals surface area contributed by atoms with Crippen molar-refractivity contribution < 1.29 is 0 Å². The number of aryl methyl sites for hydroxylation is 1.